The Morgan fingerprint density at radius 1 is 1.38 bits per heavy atom. The molecule has 118 valence electrons. The van der Waals surface area contributed by atoms with Crippen molar-refractivity contribution in [1.29, 1.82) is 0 Å². The molecule has 0 bridgehead atoms. The molecule has 4 nitrogen and oxygen atoms in total. The van der Waals surface area contributed by atoms with Crippen molar-refractivity contribution in [3.8, 4) is 5.75 Å². The van der Waals surface area contributed by atoms with Crippen molar-refractivity contribution in [3.05, 3.63) is 28.8 Å². The molecule has 1 rings (SSSR count). The lowest BCUT2D eigenvalue weighted by atomic mass is 10.1. The van der Waals surface area contributed by atoms with Crippen LogP contribution in [0.5, 0.6) is 5.75 Å². The van der Waals surface area contributed by atoms with E-state index in [4.69, 9.17) is 16.3 Å². The topological polar surface area (TPSA) is 50.4 Å². The summed E-state index contributed by atoms with van der Waals surface area (Å²) in [4.78, 5) is 11.8. The van der Waals surface area contributed by atoms with Crippen LogP contribution in [0.25, 0.3) is 0 Å². The average molecular weight is 313 g/mol. The van der Waals surface area contributed by atoms with Gasteiger partial charge in [0, 0.05) is 29.2 Å². The molecule has 0 aliphatic heterocycles. The van der Waals surface area contributed by atoms with E-state index in [1.165, 1.54) is 0 Å². The second-order valence-corrected chi connectivity index (χ2v) is 6.45. The third-order valence-corrected chi connectivity index (χ3v) is 3.09. The lowest BCUT2D eigenvalue weighted by molar-refractivity contribution is -0.127. The summed E-state index contributed by atoms with van der Waals surface area (Å²) < 4.78 is 5.77. The number of ether oxygens (including phenoxy) is 1. The van der Waals surface area contributed by atoms with Crippen molar-refractivity contribution in [2.75, 3.05) is 6.54 Å². The van der Waals surface area contributed by atoms with Gasteiger partial charge in [0.1, 0.15) is 5.75 Å². The number of likely N-dealkylation sites (N-methyl/N-ethyl adjacent to an activating group) is 1. The molecule has 0 heterocycles. The molecule has 1 atom stereocenters. The minimum atomic E-state index is -0.542. The van der Waals surface area contributed by atoms with Gasteiger partial charge < -0.3 is 15.4 Å². The number of carbonyl (C=O) groups is 1. The van der Waals surface area contributed by atoms with Crippen LogP contribution >= 0.6 is 11.6 Å². The fraction of sp³-hybridized carbons (Fsp3) is 0.562. The molecule has 1 aromatic rings. The molecule has 0 saturated carbocycles. The highest BCUT2D eigenvalue weighted by Gasteiger charge is 2.17. The Labute approximate surface area is 132 Å². The molecule has 2 N–H and O–H groups in total. The van der Waals surface area contributed by atoms with Gasteiger partial charge in [0.25, 0.3) is 5.91 Å². The molecule has 0 fully saturated rings. The molecule has 21 heavy (non-hydrogen) atoms. The molecule has 0 spiro atoms. The number of halogens is 1. The van der Waals surface area contributed by atoms with Crippen LogP contribution < -0.4 is 15.4 Å². The first-order valence-corrected chi connectivity index (χ1v) is 7.58. The molecular formula is C16H25ClN2O2. The molecule has 0 saturated heterocycles. The van der Waals surface area contributed by atoms with E-state index in [-0.39, 0.29) is 11.4 Å². The van der Waals surface area contributed by atoms with Crippen LogP contribution in [0.3, 0.4) is 0 Å². The maximum Gasteiger partial charge on any atom is 0.260 e. The Morgan fingerprint density at radius 2 is 2.05 bits per heavy atom. The molecule has 5 heteroatoms. The summed E-state index contributed by atoms with van der Waals surface area (Å²) in [6, 6.07) is 5.43. The Hall–Kier alpha value is -1.26. The van der Waals surface area contributed by atoms with Crippen LogP contribution in [0.2, 0.25) is 5.02 Å². The SMILES string of the molecule is CCNC(=O)C(C)Oc1ccc(Cl)cc1CNC(C)(C)C. The van der Waals surface area contributed by atoms with E-state index in [1.807, 2.05) is 13.0 Å². The molecule has 1 aromatic carbocycles. The highest BCUT2D eigenvalue weighted by atomic mass is 35.5. The van der Waals surface area contributed by atoms with Crippen LogP contribution in [0, 0.1) is 0 Å². The summed E-state index contributed by atoms with van der Waals surface area (Å²) in [7, 11) is 0. The first-order chi connectivity index (χ1) is 9.73. The van der Waals surface area contributed by atoms with Gasteiger partial charge in [0.2, 0.25) is 0 Å². The van der Waals surface area contributed by atoms with Gasteiger partial charge in [-0.15, -0.1) is 0 Å². The molecule has 0 aliphatic carbocycles. The minimum Gasteiger partial charge on any atom is -0.481 e. The predicted octanol–water partition coefficient (Wildman–Crippen LogP) is 3.13. The van der Waals surface area contributed by atoms with Gasteiger partial charge in [-0.1, -0.05) is 11.6 Å². The number of carbonyl (C=O) groups excluding carboxylic acids is 1. The molecule has 1 amide bonds. The van der Waals surface area contributed by atoms with Crippen molar-refractivity contribution in [2.24, 2.45) is 0 Å². The van der Waals surface area contributed by atoms with E-state index >= 15 is 0 Å². The summed E-state index contributed by atoms with van der Waals surface area (Å²) in [6.07, 6.45) is -0.542. The highest BCUT2D eigenvalue weighted by molar-refractivity contribution is 6.30. The summed E-state index contributed by atoms with van der Waals surface area (Å²) >= 11 is 6.05. The molecule has 0 aromatic heterocycles. The number of benzene rings is 1. The van der Waals surface area contributed by atoms with E-state index in [1.54, 1.807) is 19.1 Å². The van der Waals surface area contributed by atoms with E-state index < -0.39 is 6.10 Å². The number of hydrogen-bond donors (Lipinski definition) is 2. The quantitative estimate of drug-likeness (QED) is 0.848. The average Bonchev–Trinajstić information content (AvgIpc) is 2.38. The number of amides is 1. The summed E-state index contributed by atoms with van der Waals surface area (Å²) in [5, 5.41) is 6.79. The van der Waals surface area contributed by atoms with Crippen molar-refractivity contribution >= 4 is 17.5 Å². The zero-order valence-corrected chi connectivity index (χ0v) is 14.2. The summed E-state index contributed by atoms with van der Waals surface area (Å²) in [5.74, 6) is 0.553. The van der Waals surface area contributed by atoms with Gasteiger partial charge in [-0.3, -0.25) is 4.79 Å². The lowest BCUT2D eigenvalue weighted by Crippen LogP contribution is -2.37. The predicted molar refractivity (Wildman–Crippen MR) is 86.8 cm³/mol. The third-order valence-electron chi connectivity index (χ3n) is 2.86. The number of nitrogens with one attached hydrogen (secondary N) is 2. The van der Waals surface area contributed by atoms with Gasteiger partial charge in [0.15, 0.2) is 6.10 Å². The fourth-order valence-electron chi connectivity index (χ4n) is 1.72. The number of hydrogen-bond acceptors (Lipinski definition) is 3. The molecular weight excluding hydrogens is 288 g/mol. The summed E-state index contributed by atoms with van der Waals surface area (Å²) in [6.45, 7) is 11.1. The molecule has 1 unspecified atom stereocenters. The summed E-state index contributed by atoms with van der Waals surface area (Å²) in [5.41, 5.74) is 0.929. The van der Waals surface area contributed by atoms with E-state index in [0.717, 1.165) is 5.56 Å². The van der Waals surface area contributed by atoms with Gasteiger partial charge >= 0.3 is 0 Å². The standard InChI is InChI=1S/C16H25ClN2O2/c1-6-18-15(20)11(2)21-14-8-7-13(17)9-12(14)10-19-16(3,4)5/h7-9,11,19H,6,10H2,1-5H3,(H,18,20). The Kier molecular flexibility index (Phi) is 6.49. The van der Waals surface area contributed by atoms with Gasteiger partial charge in [-0.2, -0.15) is 0 Å². The van der Waals surface area contributed by atoms with Crippen LogP contribution in [-0.4, -0.2) is 24.1 Å². The van der Waals surface area contributed by atoms with Crippen molar-refractivity contribution in [1.82, 2.24) is 10.6 Å². The van der Waals surface area contributed by atoms with E-state index in [9.17, 15) is 4.79 Å². The maximum atomic E-state index is 11.8. The van der Waals surface area contributed by atoms with Crippen LogP contribution in [-0.2, 0) is 11.3 Å². The van der Waals surface area contributed by atoms with Crippen molar-refractivity contribution in [2.45, 2.75) is 52.8 Å². The van der Waals surface area contributed by atoms with E-state index in [0.29, 0.717) is 23.9 Å². The molecule has 0 aliphatic rings. The fourth-order valence-corrected chi connectivity index (χ4v) is 1.92. The largest absolute Gasteiger partial charge is 0.481 e. The van der Waals surface area contributed by atoms with Crippen LogP contribution in [0.1, 0.15) is 40.2 Å². The Bertz CT molecular complexity index is 484. The lowest BCUT2D eigenvalue weighted by Gasteiger charge is -2.22. The first-order valence-electron chi connectivity index (χ1n) is 7.20. The second kappa shape index (κ2) is 7.66. The first kappa shape index (κ1) is 17.8. The minimum absolute atomic E-state index is 0.00914. The van der Waals surface area contributed by atoms with Gasteiger partial charge in [-0.05, 0) is 52.8 Å². The highest BCUT2D eigenvalue weighted by Crippen LogP contribution is 2.24. The Balaban J connectivity index is 2.83. The van der Waals surface area contributed by atoms with Gasteiger partial charge in [-0.25, -0.2) is 0 Å². The Morgan fingerprint density at radius 3 is 2.62 bits per heavy atom. The zero-order valence-electron chi connectivity index (χ0n) is 13.4. The second-order valence-electron chi connectivity index (χ2n) is 6.01. The zero-order chi connectivity index (χ0) is 16.0. The van der Waals surface area contributed by atoms with Crippen LogP contribution in [0.4, 0.5) is 0 Å². The smallest absolute Gasteiger partial charge is 0.260 e. The van der Waals surface area contributed by atoms with E-state index in [2.05, 4.69) is 31.4 Å². The van der Waals surface area contributed by atoms with Crippen LogP contribution in [0.15, 0.2) is 18.2 Å². The van der Waals surface area contributed by atoms with Gasteiger partial charge in [0.05, 0.1) is 0 Å². The third kappa shape index (κ3) is 6.36. The number of rotatable bonds is 6. The molecule has 0 radical (unpaired) electrons. The monoisotopic (exact) mass is 312 g/mol. The normalized spacial score (nSPS) is 12.9. The van der Waals surface area contributed by atoms with Crippen molar-refractivity contribution in [3.63, 3.8) is 0 Å². The maximum absolute atomic E-state index is 11.8. The van der Waals surface area contributed by atoms with Crippen molar-refractivity contribution < 1.29 is 9.53 Å².